The number of anilines is 3. The molecule has 14 rings (SSSR count). The van der Waals surface area contributed by atoms with Gasteiger partial charge in [0.05, 0.1) is 17.1 Å². The summed E-state index contributed by atoms with van der Waals surface area (Å²) in [5, 5.41) is 3.49. The SMILES string of the molecule is C=C1/C=C\C=C/CS2(CCCC2)c2ccccc2N1.CC1(C)c2ccccc2-c2ccc(/C=C/c3ccc4c(c3)C3(CCCCC3)c3cc(N5C6=C(C=CCC=C6)S6(CCCC6)c6ccccc65)ccc3-4)cc21. The second-order valence-corrected chi connectivity index (χ2v) is 29.5. The minimum Gasteiger partial charge on any atom is -0.355 e. The third kappa shape index (κ3) is 7.76. The van der Waals surface area contributed by atoms with E-state index in [1.807, 2.05) is 6.08 Å². The predicted molar refractivity (Wildman–Crippen MR) is 319 cm³/mol. The smallest absolute Gasteiger partial charge is 0.0586 e. The Balaban J connectivity index is 0.000000228. The second-order valence-electron chi connectivity index (χ2n) is 22.3. The van der Waals surface area contributed by atoms with Gasteiger partial charge in [0.25, 0.3) is 0 Å². The molecule has 6 aromatic rings. The van der Waals surface area contributed by atoms with E-state index < -0.39 is 20.1 Å². The maximum absolute atomic E-state index is 4.08. The zero-order valence-electron chi connectivity index (χ0n) is 43.0. The molecule has 3 fully saturated rings. The van der Waals surface area contributed by atoms with Crippen molar-refractivity contribution in [3.63, 3.8) is 0 Å². The van der Waals surface area contributed by atoms with Gasteiger partial charge in [0.2, 0.25) is 0 Å². The molecule has 0 unspecified atom stereocenters. The van der Waals surface area contributed by atoms with Crippen LogP contribution in [0.25, 0.3) is 34.4 Å². The number of allylic oxidation sites excluding steroid dienone is 7. The van der Waals surface area contributed by atoms with Gasteiger partial charge in [0.15, 0.2) is 0 Å². The summed E-state index contributed by atoms with van der Waals surface area (Å²) in [6.45, 7) is 8.82. The van der Waals surface area contributed by atoms with Crippen LogP contribution in [0.4, 0.5) is 17.1 Å². The molecule has 1 N–H and O–H groups in total. The third-order valence-electron chi connectivity index (χ3n) is 17.8. The number of para-hydroxylation sites is 2. The zero-order valence-corrected chi connectivity index (χ0v) is 44.6. The van der Waals surface area contributed by atoms with Gasteiger partial charge < -0.3 is 10.2 Å². The first-order valence-electron chi connectivity index (χ1n) is 27.4. The lowest BCUT2D eigenvalue weighted by atomic mass is 9.67. The molecule has 4 aliphatic heterocycles. The van der Waals surface area contributed by atoms with Crippen LogP contribution in [0.5, 0.6) is 0 Å². The number of fused-ring (bicyclic) bond motifs is 13. The van der Waals surface area contributed by atoms with Crippen molar-refractivity contribution < 1.29 is 0 Å². The maximum atomic E-state index is 4.08. The van der Waals surface area contributed by atoms with Crippen molar-refractivity contribution in [2.45, 2.75) is 98.7 Å². The normalized spacial score (nSPS) is 22.4. The van der Waals surface area contributed by atoms with Gasteiger partial charge in [-0.25, -0.2) is 10.0 Å². The quantitative estimate of drug-likeness (QED) is 0.178. The Morgan fingerprint density at radius 2 is 1.18 bits per heavy atom. The average Bonchev–Trinajstić information content (AvgIpc) is 4.17. The molecule has 4 heterocycles. The number of rotatable bonds is 3. The fraction of sp³-hybridized carbons (Fsp3) is 0.275. The molecule has 1 saturated carbocycles. The first kappa shape index (κ1) is 46.6. The van der Waals surface area contributed by atoms with Crippen molar-refractivity contribution in [1.82, 2.24) is 0 Å². The van der Waals surface area contributed by atoms with Gasteiger partial charge in [-0.2, -0.15) is 10.0 Å². The molecule has 8 aliphatic rings. The van der Waals surface area contributed by atoms with Crippen molar-refractivity contribution in [2.24, 2.45) is 0 Å². The van der Waals surface area contributed by atoms with Gasteiger partial charge in [0.1, 0.15) is 0 Å². The first-order valence-corrected chi connectivity index (χ1v) is 31.5. The molecule has 0 radical (unpaired) electrons. The van der Waals surface area contributed by atoms with E-state index in [1.165, 1.54) is 154 Å². The van der Waals surface area contributed by atoms with E-state index in [9.17, 15) is 0 Å². The highest BCUT2D eigenvalue weighted by molar-refractivity contribution is 8.37. The molecule has 73 heavy (non-hydrogen) atoms. The van der Waals surface area contributed by atoms with Crippen LogP contribution in [0.2, 0.25) is 0 Å². The van der Waals surface area contributed by atoms with Gasteiger partial charge >= 0.3 is 0 Å². The minimum absolute atomic E-state index is 0.0119. The Labute approximate surface area is 438 Å². The lowest BCUT2D eigenvalue weighted by Crippen LogP contribution is -2.29. The highest BCUT2D eigenvalue weighted by atomic mass is 32.3. The van der Waals surface area contributed by atoms with Crippen molar-refractivity contribution in [1.29, 1.82) is 0 Å². The van der Waals surface area contributed by atoms with E-state index in [0.29, 0.717) is 0 Å². The van der Waals surface area contributed by atoms with E-state index in [-0.39, 0.29) is 10.8 Å². The zero-order chi connectivity index (χ0) is 49.2. The minimum atomic E-state index is -1.03. The summed E-state index contributed by atoms with van der Waals surface area (Å²) in [4.78, 5) is 7.40. The Morgan fingerprint density at radius 1 is 0.548 bits per heavy atom. The molecule has 2 nitrogen and oxygen atoms in total. The van der Waals surface area contributed by atoms with Crippen LogP contribution in [0.15, 0.2) is 209 Å². The molecule has 0 atom stereocenters. The summed E-state index contributed by atoms with van der Waals surface area (Å²) in [5.74, 6) is 6.64. The highest BCUT2D eigenvalue weighted by Gasteiger charge is 2.46. The molecule has 0 amide bonds. The summed E-state index contributed by atoms with van der Waals surface area (Å²) in [6.07, 6.45) is 35.9. The van der Waals surface area contributed by atoms with Crippen LogP contribution in [-0.2, 0) is 10.8 Å². The number of nitrogens with one attached hydrogen (secondary N) is 1. The summed E-state index contributed by atoms with van der Waals surface area (Å²) in [6, 6.07) is 49.1. The van der Waals surface area contributed by atoms with E-state index in [4.69, 9.17) is 0 Å². The number of benzene rings is 6. The van der Waals surface area contributed by atoms with E-state index >= 15 is 0 Å². The van der Waals surface area contributed by atoms with E-state index in [2.05, 4.69) is 213 Å². The van der Waals surface area contributed by atoms with Crippen molar-refractivity contribution in [3.05, 3.63) is 232 Å². The predicted octanol–water partition coefficient (Wildman–Crippen LogP) is 18.9. The fourth-order valence-corrected chi connectivity index (χ4v) is 22.9. The Hall–Kier alpha value is -6.20. The lowest BCUT2D eigenvalue weighted by Gasteiger charge is -2.47. The summed E-state index contributed by atoms with van der Waals surface area (Å²) in [5.41, 5.74) is 20.7. The Bertz CT molecular complexity index is 3370. The molecule has 3 spiro atoms. The molecular formula is C69H70N2S2. The van der Waals surface area contributed by atoms with Gasteiger partial charge in [0, 0.05) is 36.9 Å². The first-order chi connectivity index (χ1) is 35.8. The van der Waals surface area contributed by atoms with Gasteiger partial charge in [-0.05, 0) is 178 Å². The van der Waals surface area contributed by atoms with Crippen LogP contribution < -0.4 is 10.2 Å². The number of hydrogen-bond acceptors (Lipinski definition) is 2. The number of hydrogen-bond donors (Lipinski definition) is 1. The monoisotopic (exact) mass is 990 g/mol. The molecule has 4 heteroatoms. The van der Waals surface area contributed by atoms with Crippen LogP contribution in [-0.4, -0.2) is 28.8 Å². The summed E-state index contributed by atoms with van der Waals surface area (Å²) >= 11 is 0. The number of nitrogens with zero attached hydrogens (tertiary/aromatic N) is 1. The Kier molecular flexibility index (Phi) is 11.9. The second kappa shape index (κ2) is 18.6. The van der Waals surface area contributed by atoms with Crippen molar-refractivity contribution >= 4 is 49.3 Å². The lowest BCUT2D eigenvalue weighted by molar-refractivity contribution is 0.353. The van der Waals surface area contributed by atoms with Gasteiger partial charge in [-0.1, -0.05) is 179 Å². The molecule has 368 valence electrons. The summed E-state index contributed by atoms with van der Waals surface area (Å²) in [7, 11) is -1.70. The van der Waals surface area contributed by atoms with E-state index in [0.717, 1.165) is 12.1 Å². The van der Waals surface area contributed by atoms with E-state index in [1.54, 1.807) is 25.8 Å². The fourth-order valence-electron chi connectivity index (χ4n) is 14.3. The molecule has 2 saturated heterocycles. The summed E-state index contributed by atoms with van der Waals surface area (Å²) < 4.78 is 0. The van der Waals surface area contributed by atoms with Crippen molar-refractivity contribution in [3.8, 4) is 22.3 Å². The molecule has 0 aromatic heterocycles. The van der Waals surface area contributed by atoms with Crippen LogP contribution >= 0.6 is 20.1 Å². The topological polar surface area (TPSA) is 15.3 Å². The van der Waals surface area contributed by atoms with Crippen molar-refractivity contribution in [2.75, 3.05) is 39.0 Å². The average molecular weight is 991 g/mol. The third-order valence-corrected chi connectivity index (χ3v) is 26.4. The van der Waals surface area contributed by atoms with Gasteiger partial charge in [-0.3, -0.25) is 0 Å². The largest absolute Gasteiger partial charge is 0.355 e. The molecule has 6 aromatic carbocycles. The highest BCUT2D eigenvalue weighted by Crippen LogP contribution is 2.73. The molecule has 0 bridgehead atoms. The standard InChI is InChI=1S/C52H49NS.C17H21NS/c1-51(2)43-16-8-7-15-39(43)40-26-23-36(33-44(40)51)21-22-37-24-27-41-42-28-25-38(35-46(42)52(45(41)34-37)29-11-4-12-30-52)53-47-17-5-3-6-19-49(47)54(31-13-14-32-54)50-20-10-9-18-48(50)53;1-15-9-3-2-6-12-19(13-7-8-14-19)17-11-5-4-10-16(17)18-15/h5-10,15-28,33-35H,3-4,11-14,29-32H2,1-2H3;2-6,9-11,18H,1,7-8,12-14H2/b22-21+;6-2-,9-3-. The van der Waals surface area contributed by atoms with Gasteiger partial charge in [-0.15, -0.1) is 0 Å². The molecule has 4 aliphatic carbocycles. The van der Waals surface area contributed by atoms with Crippen LogP contribution in [0.3, 0.4) is 0 Å². The van der Waals surface area contributed by atoms with Crippen LogP contribution in [0, 0.1) is 0 Å². The Morgan fingerprint density at radius 3 is 1.97 bits per heavy atom. The maximum Gasteiger partial charge on any atom is 0.0586 e. The van der Waals surface area contributed by atoms with Crippen LogP contribution in [0.1, 0.15) is 111 Å². The molecular weight excluding hydrogens is 921 g/mol.